The van der Waals surface area contributed by atoms with E-state index in [-0.39, 0.29) is 12.7 Å². The van der Waals surface area contributed by atoms with E-state index < -0.39 is 6.10 Å². The zero-order valence-electron chi connectivity index (χ0n) is 16.8. The number of carbonyl (C=O) groups excluding carboxylic acids is 1. The minimum Gasteiger partial charge on any atom is -0.477 e. The molecule has 0 spiro atoms. The Morgan fingerprint density at radius 1 is 1.13 bits per heavy atom. The highest BCUT2D eigenvalue weighted by Gasteiger charge is 2.34. The number of benzene rings is 2. The molecule has 0 bridgehead atoms. The van der Waals surface area contributed by atoms with Crippen LogP contribution in [-0.2, 0) is 22.7 Å². The van der Waals surface area contributed by atoms with E-state index in [2.05, 4.69) is 4.90 Å². The number of piperidine rings is 1. The summed E-state index contributed by atoms with van der Waals surface area (Å²) in [6, 6.07) is 11.7. The molecule has 0 aliphatic carbocycles. The third-order valence-electron chi connectivity index (χ3n) is 5.92. The summed E-state index contributed by atoms with van der Waals surface area (Å²) in [5.74, 6) is 1.64. The van der Waals surface area contributed by atoms with Crippen LogP contribution < -0.4 is 14.4 Å². The van der Waals surface area contributed by atoms with Crippen LogP contribution in [0.5, 0.6) is 11.5 Å². The Kier molecular flexibility index (Phi) is 5.44. The Morgan fingerprint density at radius 2 is 1.97 bits per heavy atom. The van der Waals surface area contributed by atoms with E-state index in [1.54, 1.807) is 0 Å². The van der Waals surface area contributed by atoms with E-state index in [4.69, 9.17) is 25.8 Å². The average Bonchev–Trinajstić information content (AvgIpc) is 2.79. The minimum atomic E-state index is -0.516. The van der Waals surface area contributed by atoms with Crippen LogP contribution in [0.25, 0.3) is 0 Å². The zero-order valence-corrected chi connectivity index (χ0v) is 17.6. The van der Waals surface area contributed by atoms with Gasteiger partial charge in [-0.1, -0.05) is 23.7 Å². The number of halogens is 1. The minimum absolute atomic E-state index is 0.0759. The van der Waals surface area contributed by atoms with E-state index in [1.165, 1.54) is 6.42 Å². The Bertz CT molecular complexity index is 945. The summed E-state index contributed by atoms with van der Waals surface area (Å²) in [6.07, 6.45) is 2.80. The molecule has 1 fully saturated rings. The van der Waals surface area contributed by atoms with Gasteiger partial charge in [0.05, 0.1) is 18.8 Å². The SMILES string of the molecule is O=C(C1CN(Cc2cc(Cl)cc3c2OCOC3)c2ccccc2O1)N1CCCCC1. The van der Waals surface area contributed by atoms with Crippen LogP contribution in [0.4, 0.5) is 5.69 Å². The van der Waals surface area contributed by atoms with Crippen LogP contribution in [0, 0.1) is 0 Å². The topological polar surface area (TPSA) is 51.2 Å². The fourth-order valence-corrected chi connectivity index (χ4v) is 4.75. The fourth-order valence-electron chi connectivity index (χ4n) is 4.48. The fraction of sp³-hybridized carbons (Fsp3) is 0.435. The maximum Gasteiger partial charge on any atom is 0.265 e. The predicted molar refractivity (Wildman–Crippen MR) is 114 cm³/mol. The molecule has 0 radical (unpaired) electrons. The van der Waals surface area contributed by atoms with Crippen LogP contribution in [0.2, 0.25) is 5.02 Å². The maximum atomic E-state index is 13.2. The van der Waals surface area contributed by atoms with Crippen molar-refractivity contribution in [2.75, 3.05) is 31.3 Å². The van der Waals surface area contributed by atoms with Gasteiger partial charge in [0.25, 0.3) is 5.91 Å². The Balaban J connectivity index is 1.44. The number of ether oxygens (including phenoxy) is 3. The second kappa shape index (κ2) is 8.36. The van der Waals surface area contributed by atoms with Gasteiger partial charge in [-0.3, -0.25) is 4.79 Å². The zero-order chi connectivity index (χ0) is 20.5. The van der Waals surface area contributed by atoms with Gasteiger partial charge in [-0.15, -0.1) is 0 Å². The van der Waals surface area contributed by atoms with Crippen molar-refractivity contribution in [1.29, 1.82) is 0 Å². The second-order valence-electron chi connectivity index (χ2n) is 8.00. The molecule has 1 unspecified atom stereocenters. The van der Waals surface area contributed by atoms with Crippen molar-refractivity contribution in [1.82, 2.24) is 4.90 Å². The Morgan fingerprint density at radius 3 is 2.83 bits per heavy atom. The summed E-state index contributed by atoms with van der Waals surface area (Å²) in [5, 5.41) is 0.653. The number of fused-ring (bicyclic) bond motifs is 2. The van der Waals surface area contributed by atoms with Crippen molar-refractivity contribution >= 4 is 23.2 Å². The molecule has 30 heavy (non-hydrogen) atoms. The van der Waals surface area contributed by atoms with Crippen molar-refractivity contribution in [3.05, 3.63) is 52.5 Å². The number of likely N-dealkylation sites (tertiary alicyclic amines) is 1. The first-order valence-corrected chi connectivity index (χ1v) is 10.9. The first-order chi connectivity index (χ1) is 14.7. The van der Waals surface area contributed by atoms with Crippen LogP contribution in [0.3, 0.4) is 0 Å². The molecule has 7 heteroatoms. The molecule has 1 saturated heterocycles. The van der Waals surface area contributed by atoms with Gasteiger partial charge in [0.2, 0.25) is 0 Å². The first kappa shape index (κ1) is 19.5. The summed E-state index contributed by atoms with van der Waals surface area (Å²) >= 11 is 6.37. The van der Waals surface area contributed by atoms with Crippen molar-refractivity contribution < 1.29 is 19.0 Å². The molecule has 1 amide bonds. The number of amides is 1. The normalized spacial score (nSPS) is 20.6. The van der Waals surface area contributed by atoms with Gasteiger partial charge in [-0.25, -0.2) is 0 Å². The highest BCUT2D eigenvalue weighted by molar-refractivity contribution is 6.30. The smallest absolute Gasteiger partial charge is 0.265 e. The number of para-hydroxylation sites is 2. The van der Waals surface area contributed by atoms with Gasteiger partial charge < -0.3 is 24.0 Å². The third kappa shape index (κ3) is 3.82. The standard InChI is InChI=1S/C23H25ClN2O4/c24-18-10-16(22-17(11-18)14-28-15-29-22)12-26-13-21(23(27)25-8-4-1-5-9-25)30-20-7-3-2-6-19(20)26/h2-3,6-7,10-11,21H,1,4-5,8-9,12-15H2. The molecule has 3 heterocycles. The van der Waals surface area contributed by atoms with Crippen LogP contribution in [0.15, 0.2) is 36.4 Å². The van der Waals surface area contributed by atoms with Crippen LogP contribution >= 0.6 is 11.6 Å². The molecule has 2 aromatic rings. The third-order valence-corrected chi connectivity index (χ3v) is 6.14. The molecular weight excluding hydrogens is 404 g/mol. The van der Waals surface area contributed by atoms with Crippen molar-refractivity contribution in [3.8, 4) is 11.5 Å². The van der Waals surface area contributed by atoms with Crippen LogP contribution in [0.1, 0.15) is 30.4 Å². The number of carbonyl (C=O) groups is 1. The molecule has 158 valence electrons. The van der Waals surface area contributed by atoms with Gasteiger partial charge in [-0.05, 0) is 43.5 Å². The van der Waals surface area contributed by atoms with E-state index in [0.717, 1.165) is 54.2 Å². The maximum absolute atomic E-state index is 13.2. The van der Waals surface area contributed by atoms with E-state index in [1.807, 2.05) is 41.3 Å². The summed E-state index contributed by atoms with van der Waals surface area (Å²) in [4.78, 5) is 17.3. The summed E-state index contributed by atoms with van der Waals surface area (Å²) in [7, 11) is 0. The van der Waals surface area contributed by atoms with Gasteiger partial charge in [0, 0.05) is 35.8 Å². The highest BCUT2D eigenvalue weighted by atomic mass is 35.5. The summed E-state index contributed by atoms with van der Waals surface area (Å²) in [5.41, 5.74) is 2.91. The second-order valence-corrected chi connectivity index (χ2v) is 8.44. The lowest BCUT2D eigenvalue weighted by atomic mass is 10.1. The van der Waals surface area contributed by atoms with Gasteiger partial charge in [-0.2, -0.15) is 0 Å². The molecule has 2 aromatic carbocycles. The molecule has 0 aromatic heterocycles. The molecule has 6 nitrogen and oxygen atoms in total. The lowest BCUT2D eigenvalue weighted by molar-refractivity contribution is -0.139. The molecule has 3 aliphatic heterocycles. The quantitative estimate of drug-likeness (QED) is 0.740. The lowest BCUT2D eigenvalue weighted by Gasteiger charge is -2.38. The molecule has 3 aliphatic rings. The average molecular weight is 429 g/mol. The Labute approximate surface area is 181 Å². The summed E-state index contributed by atoms with van der Waals surface area (Å²) < 4.78 is 17.3. The molecule has 5 rings (SSSR count). The molecule has 1 atom stereocenters. The van der Waals surface area contributed by atoms with E-state index in [0.29, 0.717) is 24.7 Å². The van der Waals surface area contributed by atoms with Crippen LogP contribution in [-0.4, -0.2) is 43.3 Å². The Hall–Kier alpha value is -2.44. The number of hydrogen-bond acceptors (Lipinski definition) is 5. The summed E-state index contributed by atoms with van der Waals surface area (Å²) in [6.45, 7) is 3.42. The van der Waals surface area contributed by atoms with Gasteiger partial charge in [0.15, 0.2) is 12.9 Å². The number of nitrogens with zero attached hydrogens (tertiary/aromatic N) is 2. The lowest BCUT2D eigenvalue weighted by Crippen LogP contribution is -2.51. The largest absolute Gasteiger partial charge is 0.477 e. The molecule has 0 N–H and O–H groups in total. The van der Waals surface area contributed by atoms with Crippen molar-refractivity contribution in [3.63, 3.8) is 0 Å². The highest BCUT2D eigenvalue weighted by Crippen LogP contribution is 2.38. The van der Waals surface area contributed by atoms with Crippen molar-refractivity contribution in [2.24, 2.45) is 0 Å². The molecular formula is C23H25ClN2O4. The van der Waals surface area contributed by atoms with Gasteiger partial charge in [0.1, 0.15) is 11.5 Å². The monoisotopic (exact) mass is 428 g/mol. The first-order valence-electron chi connectivity index (χ1n) is 10.5. The number of rotatable bonds is 3. The van der Waals surface area contributed by atoms with E-state index >= 15 is 0 Å². The molecule has 0 saturated carbocycles. The number of hydrogen-bond donors (Lipinski definition) is 0. The predicted octanol–water partition coefficient (Wildman–Crippen LogP) is 3.99. The van der Waals surface area contributed by atoms with Crippen molar-refractivity contribution in [2.45, 2.75) is 38.5 Å². The number of anilines is 1. The van der Waals surface area contributed by atoms with E-state index in [9.17, 15) is 4.79 Å². The van der Waals surface area contributed by atoms with Gasteiger partial charge >= 0.3 is 0 Å².